The first-order valence-corrected chi connectivity index (χ1v) is 9.78. The number of rotatable bonds is 3. The van der Waals surface area contributed by atoms with E-state index in [0.29, 0.717) is 0 Å². The lowest BCUT2D eigenvalue weighted by Crippen LogP contribution is -2.53. The fourth-order valence-corrected chi connectivity index (χ4v) is 4.12. The second-order valence-corrected chi connectivity index (χ2v) is 11.5. The first kappa shape index (κ1) is 21.5. The van der Waals surface area contributed by atoms with E-state index in [1.165, 1.54) is 6.42 Å². The third kappa shape index (κ3) is 4.55. The highest BCUT2D eigenvalue weighted by Crippen LogP contribution is 2.51. The molecule has 0 N–H and O–H groups in total. The third-order valence-corrected chi connectivity index (χ3v) is 6.31. The Morgan fingerprint density at radius 1 is 0.833 bits per heavy atom. The van der Waals surface area contributed by atoms with Crippen LogP contribution < -0.4 is 0 Å². The van der Waals surface area contributed by atoms with Crippen LogP contribution in [-0.2, 0) is 9.53 Å². The van der Waals surface area contributed by atoms with Gasteiger partial charge in [0, 0.05) is 5.41 Å². The number of carbonyl (C=O) groups is 1. The van der Waals surface area contributed by atoms with Crippen molar-refractivity contribution < 1.29 is 9.53 Å². The first-order valence-electron chi connectivity index (χ1n) is 9.78. The molecule has 0 saturated heterocycles. The van der Waals surface area contributed by atoms with Crippen LogP contribution in [0.2, 0.25) is 0 Å². The van der Waals surface area contributed by atoms with Gasteiger partial charge in [-0.1, -0.05) is 68.7 Å². The minimum Gasteiger partial charge on any atom is -0.458 e. The molecular formula is C22H42O2. The second-order valence-electron chi connectivity index (χ2n) is 11.5. The van der Waals surface area contributed by atoms with Crippen molar-refractivity contribution in [3.8, 4) is 0 Å². The molecule has 1 fully saturated rings. The highest BCUT2D eigenvalue weighted by atomic mass is 16.6. The summed E-state index contributed by atoms with van der Waals surface area (Å²) in [5.41, 5.74) is -0.870. The maximum absolute atomic E-state index is 13.5. The molecule has 1 saturated carbocycles. The lowest BCUT2D eigenvalue weighted by molar-refractivity contribution is -0.199. The summed E-state index contributed by atoms with van der Waals surface area (Å²) in [4.78, 5) is 13.5. The molecule has 24 heavy (non-hydrogen) atoms. The molecule has 0 amide bonds. The summed E-state index contributed by atoms with van der Waals surface area (Å²) in [7, 11) is 0. The molecule has 0 aliphatic heterocycles. The Bertz CT molecular complexity index is 436. The average Bonchev–Trinajstić information content (AvgIpc) is 2.35. The normalized spacial score (nSPS) is 21.9. The Morgan fingerprint density at radius 3 is 1.62 bits per heavy atom. The maximum Gasteiger partial charge on any atom is 0.312 e. The predicted octanol–water partition coefficient (Wildman–Crippen LogP) is 6.77. The maximum atomic E-state index is 13.5. The van der Waals surface area contributed by atoms with E-state index in [-0.39, 0.29) is 27.8 Å². The van der Waals surface area contributed by atoms with Gasteiger partial charge in [-0.15, -0.1) is 0 Å². The first-order chi connectivity index (χ1) is 10.5. The Hall–Kier alpha value is -0.530. The van der Waals surface area contributed by atoms with Crippen LogP contribution in [-0.4, -0.2) is 11.6 Å². The van der Waals surface area contributed by atoms with Gasteiger partial charge in [-0.3, -0.25) is 4.79 Å². The lowest BCUT2D eigenvalue weighted by atomic mass is 9.61. The van der Waals surface area contributed by atoms with E-state index < -0.39 is 5.41 Å². The zero-order valence-corrected chi connectivity index (χ0v) is 18.1. The van der Waals surface area contributed by atoms with Gasteiger partial charge in [-0.2, -0.15) is 0 Å². The van der Waals surface area contributed by atoms with Gasteiger partial charge in [0.25, 0.3) is 0 Å². The van der Waals surface area contributed by atoms with Gasteiger partial charge in [0.05, 0.1) is 5.41 Å². The number of hydrogen-bond acceptors (Lipinski definition) is 2. The number of carbonyl (C=O) groups excluding carboxylic acids is 1. The number of hydrogen-bond donors (Lipinski definition) is 0. The minimum atomic E-state index is -0.485. The molecule has 0 radical (unpaired) electrons. The van der Waals surface area contributed by atoms with Crippen LogP contribution in [0.3, 0.4) is 0 Å². The van der Waals surface area contributed by atoms with Gasteiger partial charge < -0.3 is 4.74 Å². The molecule has 0 aromatic heterocycles. The largest absolute Gasteiger partial charge is 0.458 e. The highest BCUT2D eigenvalue weighted by molar-refractivity contribution is 5.78. The van der Waals surface area contributed by atoms with Crippen LogP contribution in [0.1, 0.15) is 108 Å². The average molecular weight is 339 g/mol. The summed E-state index contributed by atoms with van der Waals surface area (Å²) in [6.07, 6.45) is 6.42. The molecular weight excluding hydrogens is 296 g/mol. The molecule has 2 nitrogen and oxygen atoms in total. The van der Waals surface area contributed by atoms with E-state index >= 15 is 0 Å². The van der Waals surface area contributed by atoms with Crippen LogP contribution in [0.4, 0.5) is 0 Å². The van der Waals surface area contributed by atoms with Gasteiger partial charge >= 0.3 is 5.97 Å². The molecule has 2 heteroatoms. The fraction of sp³-hybridized carbons (Fsp3) is 0.955. The predicted molar refractivity (Wildman–Crippen MR) is 103 cm³/mol. The molecule has 0 bridgehead atoms. The zero-order valence-electron chi connectivity index (χ0n) is 18.1. The minimum absolute atomic E-state index is 0.00162. The lowest BCUT2D eigenvalue weighted by Gasteiger charge is -2.50. The van der Waals surface area contributed by atoms with Gasteiger partial charge in [0.1, 0.15) is 5.60 Å². The van der Waals surface area contributed by atoms with E-state index in [0.717, 1.165) is 32.1 Å². The van der Waals surface area contributed by atoms with E-state index in [1.54, 1.807) is 0 Å². The van der Waals surface area contributed by atoms with Gasteiger partial charge in [0.15, 0.2) is 0 Å². The van der Waals surface area contributed by atoms with Crippen LogP contribution in [0.25, 0.3) is 0 Å². The van der Waals surface area contributed by atoms with Crippen molar-refractivity contribution in [2.24, 2.45) is 21.7 Å². The van der Waals surface area contributed by atoms with Crippen LogP contribution in [0.15, 0.2) is 0 Å². The molecule has 0 aromatic carbocycles. The molecule has 0 aromatic rings. The summed E-state index contributed by atoms with van der Waals surface area (Å²) < 4.78 is 6.44. The quantitative estimate of drug-likeness (QED) is 0.531. The van der Waals surface area contributed by atoms with Gasteiger partial charge in [-0.25, -0.2) is 0 Å². The summed E-state index contributed by atoms with van der Waals surface area (Å²) in [5, 5.41) is 0. The summed E-state index contributed by atoms with van der Waals surface area (Å²) in [6.45, 7) is 21.9. The van der Waals surface area contributed by atoms with Crippen molar-refractivity contribution in [1.82, 2.24) is 0 Å². The van der Waals surface area contributed by atoms with E-state index in [1.807, 2.05) is 0 Å². The third-order valence-electron chi connectivity index (χ3n) is 6.31. The highest BCUT2D eigenvalue weighted by Gasteiger charge is 2.53. The zero-order chi connectivity index (χ0) is 19.0. The van der Waals surface area contributed by atoms with E-state index in [2.05, 4.69) is 69.2 Å². The van der Waals surface area contributed by atoms with E-state index in [4.69, 9.17) is 4.74 Å². The van der Waals surface area contributed by atoms with Crippen molar-refractivity contribution in [2.75, 3.05) is 0 Å². The Labute approximate surface area is 151 Å². The monoisotopic (exact) mass is 338 g/mol. The number of esters is 1. The molecule has 1 unspecified atom stereocenters. The van der Waals surface area contributed by atoms with Crippen molar-refractivity contribution >= 4 is 5.97 Å². The Kier molecular flexibility index (Phi) is 5.96. The van der Waals surface area contributed by atoms with Gasteiger partial charge in [-0.05, 0) is 49.9 Å². The second kappa shape index (κ2) is 6.65. The molecule has 142 valence electrons. The SMILES string of the molecule is CC(C)(C)CC(C)(C(=O)OC1(C(C)(C)C)CCCCC1)C(C)(C)C. The van der Waals surface area contributed by atoms with Crippen molar-refractivity contribution in [1.29, 1.82) is 0 Å². The summed E-state index contributed by atoms with van der Waals surface area (Å²) in [5.74, 6) is 0.00162. The fourth-order valence-electron chi connectivity index (χ4n) is 4.12. The van der Waals surface area contributed by atoms with Crippen LogP contribution in [0.5, 0.6) is 0 Å². The van der Waals surface area contributed by atoms with Crippen molar-refractivity contribution in [3.63, 3.8) is 0 Å². The van der Waals surface area contributed by atoms with Crippen molar-refractivity contribution in [2.45, 2.75) is 113 Å². The molecule has 1 atom stereocenters. The molecule has 1 aliphatic carbocycles. The van der Waals surface area contributed by atoms with Crippen molar-refractivity contribution in [3.05, 3.63) is 0 Å². The molecule has 0 spiro atoms. The summed E-state index contributed by atoms with van der Waals surface area (Å²) in [6, 6.07) is 0. The smallest absolute Gasteiger partial charge is 0.312 e. The Morgan fingerprint density at radius 2 is 1.29 bits per heavy atom. The van der Waals surface area contributed by atoms with E-state index in [9.17, 15) is 4.79 Å². The molecule has 1 rings (SSSR count). The summed E-state index contributed by atoms with van der Waals surface area (Å²) >= 11 is 0. The Balaban J connectivity index is 3.19. The number of ether oxygens (including phenoxy) is 1. The van der Waals surface area contributed by atoms with Crippen LogP contribution in [0, 0.1) is 21.7 Å². The van der Waals surface area contributed by atoms with Gasteiger partial charge in [0.2, 0.25) is 0 Å². The van der Waals surface area contributed by atoms with Crippen LogP contribution >= 0.6 is 0 Å². The topological polar surface area (TPSA) is 26.3 Å². The molecule has 0 heterocycles. The molecule has 1 aliphatic rings. The standard InChI is InChI=1S/C22H42O2/c1-18(2,3)16-21(10,19(4,5)6)17(23)24-22(20(7,8)9)14-12-11-13-15-22/h11-16H2,1-10H3.